The van der Waals surface area contributed by atoms with Gasteiger partial charge in [0.15, 0.2) is 69.7 Å². The summed E-state index contributed by atoms with van der Waals surface area (Å²) in [6, 6.07) is -3.50. The average molecular weight is 1400 g/mol. The molecule has 25 heteroatoms. The van der Waals surface area contributed by atoms with Crippen LogP contribution in [0.1, 0.15) is 208 Å². The van der Waals surface area contributed by atoms with E-state index in [2.05, 4.69) is 0 Å². The highest BCUT2D eigenvalue weighted by Gasteiger charge is 2.56. The number of benzene rings is 4. The predicted octanol–water partition coefficient (Wildman–Crippen LogP) is 20.7. The lowest BCUT2D eigenvalue weighted by Gasteiger charge is -2.46. The molecule has 0 heterocycles. The minimum Gasteiger partial charge on any atom is -0.294 e. The fourth-order valence-corrected chi connectivity index (χ4v) is 41.7. The van der Waals surface area contributed by atoms with Crippen molar-refractivity contribution >= 4 is 83.4 Å². The number of ketones is 4. The maximum Gasteiger partial charge on any atom is 0.169 e. The summed E-state index contributed by atoms with van der Waals surface area (Å²) in [6.45, 7) is 39.3. The van der Waals surface area contributed by atoms with Gasteiger partial charge in [-0.3, -0.25) is 19.2 Å². The van der Waals surface area contributed by atoms with Gasteiger partial charge in [0.25, 0.3) is 0 Å². The molecule has 0 saturated heterocycles. The molecule has 0 N–H and O–H groups in total. The minimum atomic E-state index is -7.31. The maximum absolute atomic E-state index is 18.4. The highest BCUT2D eigenvalue weighted by Crippen LogP contribution is 2.50. The average Bonchev–Trinajstić information content (AvgIpc) is 0.677. The smallest absolute Gasteiger partial charge is 0.169 e. The van der Waals surface area contributed by atoms with Crippen molar-refractivity contribution in [2.24, 2.45) is 0 Å². The zero-order valence-electron chi connectivity index (χ0n) is 58.0. The molecule has 4 aromatic rings. The lowest BCUT2D eigenvalue weighted by Crippen LogP contribution is -2.81. The fraction of sp³-hybridized carbons (Fsp3) is 0.588. The minimum absolute atomic E-state index is 0.473. The molecule has 0 bridgehead atoms. The molecule has 4 nitrogen and oxygen atoms in total. The largest absolute Gasteiger partial charge is 0.294 e. The van der Waals surface area contributed by atoms with Gasteiger partial charge < -0.3 is 0 Å². The molecule has 93 heavy (non-hydrogen) atoms. The van der Waals surface area contributed by atoms with Gasteiger partial charge >= 0.3 is 0 Å². The second-order valence-corrected chi connectivity index (χ2v) is 53.9. The van der Waals surface area contributed by atoms with Crippen LogP contribution in [0, 0.1) is 93.1 Å². The van der Waals surface area contributed by atoms with E-state index in [1.165, 1.54) is 0 Å². The fourth-order valence-electron chi connectivity index (χ4n) is 17.9. The predicted molar refractivity (Wildman–Crippen MR) is 350 cm³/mol. The Hall–Kier alpha value is -4.63. The Balaban J connectivity index is 2.70. The van der Waals surface area contributed by atoms with Crippen LogP contribution in [0.5, 0.6) is 0 Å². The number of Topliss-reactive ketones (excluding diaryl/α,β-unsaturated/α-hetero) is 4. The molecule has 0 aliphatic carbocycles. The van der Waals surface area contributed by atoms with E-state index < -0.39 is 289 Å². The standard InChI is InChI=1S/C68H92BF16O4Si4/c1-29(2)90(30(3)4,31(5)6)25-41(86)45-53(70)61(78)49(62(79)54(45)71)69(50-63(80)55(72)46(56(73)64(50)81)42(87)26-91(32(7)8,33(9)10)34(11)12,51-65(82)57(74)47(58(75)66(51)83)43(88)27-92(35(13)14,36(15)16)37(17)18)52-67(84)59(76)48(60(77)68(52)85)44(89)28-93(38(19)20,39(21)22)40(23)24/h29-40H,25-28H2,1-24H3/q-1. The summed E-state index contributed by atoms with van der Waals surface area (Å²) in [7, 11) is -13.4. The van der Waals surface area contributed by atoms with Gasteiger partial charge in [-0.05, 0) is 0 Å². The molecule has 0 aromatic heterocycles. The van der Waals surface area contributed by atoms with Crippen molar-refractivity contribution < 1.29 is 89.4 Å². The van der Waals surface area contributed by atoms with E-state index in [9.17, 15) is 19.2 Å². The third-order valence-corrected chi connectivity index (χ3v) is 52.3. The second-order valence-electron chi connectivity index (χ2n) is 29.8. The molecule has 0 atom stereocenters. The van der Waals surface area contributed by atoms with Crippen molar-refractivity contribution in [3.05, 3.63) is 115 Å². The van der Waals surface area contributed by atoms with Crippen molar-refractivity contribution in [1.29, 1.82) is 0 Å². The first kappa shape index (κ1) is 80.8. The van der Waals surface area contributed by atoms with Crippen molar-refractivity contribution in [3.63, 3.8) is 0 Å². The zero-order chi connectivity index (χ0) is 72.4. The molecule has 0 radical (unpaired) electrons. The van der Waals surface area contributed by atoms with Crippen LogP contribution in [0.4, 0.5) is 70.2 Å². The van der Waals surface area contributed by atoms with Gasteiger partial charge in [0.2, 0.25) is 0 Å². The Bertz CT molecular complexity index is 2900. The van der Waals surface area contributed by atoms with Crippen LogP contribution in [-0.2, 0) is 0 Å². The van der Waals surface area contributed by atoms with Crippen LogP contribution in [-0.4, -0.2) is 61.6 Å². The first-order chi connectivity index (χ1) is 42.4. The number of carbonyl (C=O) groups is 4. The molecule has 4 aromatic carbocycles. The van der Waals surface area contributed by atoms with Crippen LogP contribution in [0.15, 0.2) is 0 Å². The van der Waals surface area contributed by atoms with Gasteiger partial charge in [-0.2, -0.15) is 0 Å². The van der Waals surface area contributed by atoms with Crippen LogP contribution < -0.4 is 21.9 Å². The lowest BCUT2D eigenvalue weighted by atomic mass is 9.12. The first-order valence-corrected chi connectivity index (χ1v) is 41.9. The third kappa shape index (κ3) is 12.8. The molecule has 4 rings (SSSR count). The van der Waals surface area contributed by atoms with Gasteiger partial charge in [-0.1, -0.05) is 233 Å². The number of rotatable bonds is 28. The van der Waals surface area contributed by atoms with E-state index in [4.69, 9.17) is 0 Å². The van der Waals surface area contributed by atoms with E-state index in [0.717, 1.165) is 0 Å². The summed E-state index contributed by atoms with van der Waals surface area (Å²) >= 11 is 0. The molecule has 0 saturated carbocycles. The summed E-state index contributed by atoms with van der Waals surface area (Å²) in [4.78, 5) is 58.2. The highest BCUT2D eigenvalue weighted by molar-refractivity contribution is 7.20. The van der Waals surface area contributed by atoms with E-state index in [-0.39, 0.29) is 0 Å². The SMILES string of the molecule is CC(C)[Si](CC(=O)c1c(F)c(F)c([B-](c2c(F)c(F)c(C(=O)C[Si](C(C)C)(C(C)C)C(C)C)c(F)c2F)(c2c(F)c(F)c(C(=O)C[Si](C(C)C)(C(C)C)C(C)C)c(F)c2F)c2c(F)c(F)c(C(=O)C[Si](C(C)C)(C(C)C)C(C)C)c(F)c2F)c(F)c1F)(C(C)C)C(C)C. The molecular weight excluding hydrogens is 1310 g/mol. The number of halogens is 16. The molecule has 0 amide bonds. The van der Waals surface area contributed by atoms with Crippen LogP contribution >= 0.6 is 0 Å². The maximum atomic E-state index is 18.4. The summed E-state index contributed by atoms with van der Waals surface area (Å²) in [5.41, 5.74) is -27.8. The van der Waals surface area contributed by atoms with Gasteiger partial charge in [0.1, 0.15) is 52.7 Å². The number of hydrogen-bond donors (Lipinski definition) is 0. The lowest BCUT2D eigenvalue weighted by molar-refractivity contribution is 0.0991. The third-order valence-electron chi connectivity index (χ3n) is 22.8. The monoisotopic (exact) mass is 1400 g/mol. The molecular formula is C68H92BF16O4Si4-. The Labute approximate surface area is 542 Å². The molecule has 0 unspecified atom stereocenters. The van der Waals surface area contributed by atoms with E-state index >= 15 is 70.2 Å². The topological polar surface area (TPSA) is 68.3 Å². The van der Waals surface area contributed by atoms with Crippen molar-refractivity contribution in [3.8, 4) is 0 Å². The summed E-state index contributed by atoms with van der Waals surface area (Å²) in [5, 5.41) is 0. The van der Waals surface area contributed by atoms with Crippen molar-refractivity contribution in [2.75, 3.05) is 0 Å². The van der Waals surface area contributed by atoms with Gasteiger partial charge in [0, 0.05) is 24.2 Å². The molecule has 0 aliphatic heterocycles. The second kappa shape index (κ2) is 29.2. The zero-order valence-corrected chi connectivity index (χ0v) is 62.0. The Kier molecular flexibility index (Phi) is 25.4. The van der Waals surface area contributed by atoms with Crippen LogP contribution in [0.2, 0.25) is 90.7 Å². The quantitative estimate of drug-likeness (QED) is 0.0246. The van der Waals surface area contributed by atoms with Gasteiger partial charge in [0.05, 0.1) is 54.5 Å². The van der Waals surface area contributed by atoms with Crippen LogP contribution in [0.3, 0.4) is 0 Å². The van der Waals surface area contributed by atoms with Crippen molar-refractivity contribution in [2.45, 2.75) is 257 Å². The molecule has 0 spiro atoms. The van der Waals surface area contributed by atoms with E-state index in [0.29, 0.717) is 0 Å². The summed E-state index contributed by atoms with van der Waals surface area (Å²) in [5.74, 6) is -58.5. The summed E-state index contributed by atoms with van der Waals surface area (Å²) in [6.07, 6.45) is -7.31. The Morgan fingerprint density at radius 3 is 0.398 bits per heavy atom. The summed E-state index contributed by atoms with van der Waals surface area (Å²) < 4.78 is 289. The van der Waals surface area contributed by atoms with E-state index in [1.54, 1.807) is 166 Å². The van der Waals surface area contributed by atoms with Crippen LogP contribution in [0.25, 0.3) is 0 Å². The normalized spacial score (nSPS) is 13.4. The number of hydrogen-bond acceptors (Lipinski definition) is 4. The molecule has 520 valence electrons. The van der Waals surface area contributed by atoms with Gasteiger partial charge in [-0.25, -0.2) is 70.2 Å². The highest BCUT2D eigenvalue weighted by atomic mass is 28.3. The molecule has 0 fully saturated rings. The number of carbonyl (C=O) groups excluding carboxylic acids is 4. The Morgan fingerprint density at radius 1 is 0.215 bits per heavy atom. The molecule has 0 aliphatic rings. The first-order valence-electron chi connectivity index (χ1n) is 32.1. The van der Waals surface area contributed by atoms with Crippen molar-refractivity contribution in [1.82, 2.24) is 0 Å². The Morgan fingerprint density at radius 2 is 0.312 bits per heavy atom. The van der Waals surface area contributed by atoms with E-state index in [1.807, 2.05) is 0 Å². The van der Waals surface area contributed by atoms with Gasteiger partial charge in [-0.15, -0.1) is 21.9 Å².